The number of rotatable bonds is 5. The second kappa shape index (κ2) is 9.11. The van der Waals surface area contributed by atoms with Crippen LogP contribution in [0.1, 0.15) is 10.4 Å². The lowest BCUT2D eigenvalue weighted by Gasteiger charge is -2.19. The van der Waals surface area contributed by atoms with E-state index in [0.717, 1.165) is 10.8 Å². The first-order valence-corrected chi connectivity index (χ1v) is 11.0. The summed E-state index contributed by atoms with van der Waals surface area (Å²) in [5.41, 5.74) is 3.27. The molecule has 1 amide bonds. The summed E-state index contributed by atoms with van der Waals surface area (Å²) < 4.78 is 0. The van der Waals surface area contributed by atoms with E-state index >= 15 is 0 Å². The molecule has 35 heavy (non-hydrogen) atoms. The Hall–Kier alpha value is -4.97. The van der Waals surface area contributed by atoms with Crippen molar-refractivity contribution in [2.24, 2.45) is 0 Å². The third-order valence-electron chi connectivity index (χ3n) is 5.87. The third kappa shape index (κ3) is 4.20. The van der Waals surface area contributed by atoms with Crippen LogP contribution in [0.15, 0.2) is 109 Å². The molecule has 0 aliphatic heterocycles. The number of phenols is 1. The summed E-state index contributed by atoms with van der Waals surface area (Å²) in [5.74, 6) is -0.264. The maximum atomic E-state index is 13.1. The number of fused-ring (bicyclic) bond motifs is 1. The van der Waals surface area contributed by atoms with Gasteiger partial charge in [-0.05, 0) is 46.2 Å². The van der Waals surface area contributed by atoms with E-state index in [1.807, 2.05) is 42.5 Å². The van der Waals surface area contributed by atoms with E-state index in [0.29, 0.717) is 33.5 Å². The maximum absolute atomic E-state index is 13.1. The van der Waals surface area contributed by atoms with Crippen LogP contribution in [-0.4, -0.2) is 15.9 Å². The normalized spacial score (nSPS) is 10.7. The Bertz CT molecular complexity index is 1580. The number of nitrogens with one attached hydrogen (secondary N) is 1. The zero-order valence-corrected chi connectivity index (χ0v) is 18.5. The molecular formula is C29H20N2O4. The van der Waals surface area contributed by atoms with Crippen molar-refractivity contribution in [3.8, 4) is 28.0 Å². The Morgan fingerprint density at radius 3 is 2.31 bits per heavy atom. The Morgan fingerprint density at radius 1 is 0.771 bits per heavy atom. The van der Waals surface area contributed by atoms with E-state index in [9.17, 15) is 20.0 Å². The molecule has 5 aromatic carbocycles. The number of aromatic hydroxyl groups is 1. The van der Waals surface area contributed by atoms with Gasteiger partial charge in [0.05, 0.1) is 4.92 Å². The summed E-state index contributed by atoms with van der Waals surface area (Å²) in [6.45, 7) is 0. The fraction of sp³-hybridized carbons (Fsp3) is 0. The van der Waals surface area contributed by atoms with Gasteiger partial charge in [0.1, 0.15) is 5.75 Å². The molecular weight excluding hydrogens is 440 g/mol. The average Bonchev–Trinajstić information content (AvgIpc) is 2.89. The van der Waals surface area contributed by atoms with Crippen molar-refractivity contribution in [2.75, 3.05) is 5.32 Å². The number of carbonyl (C=O) groups is 1. The van der Waals surface area contributed by atoms with Crippen LogP contribution in [0, 0.1) is 10.1 Å². The number of non-ortho nitro benzene ring substituents is 1. The number of nitrogens with zero attached hydrogens (tertiary/aromatic N) is 1. The molecule has 0 spiro atoms. The molecule has 0 saturated carbocycles. The highest BCUT2D eigenvalue weighted by Crippen LogP contribution is 2.45. The molecule has 0 radical (unpaired) electrons. The van der Waals surface area contributed by atoms with Gasteiger partial charge in [-0.25, -0.2) is 0 Å². The molecule has 0 aromatic heterocycles. The first-order valence-electron chi connectivity index (χ1n) is 11.0. The lowest BCUT2D eigenvalue weighted by molar-refractivity contribution is -0.384. The van der Waals surface area contributed by atoms with Crippen LogP contribution in [0.3, 0.4) is 0 Å². The van der Waals surface area contributed by atoms with Crippen molar-refractivity contribution >= 4 is 28.1 Å². The van der Waals surface area contributed by atoms with Crippen LogP contribution in [0.25, 0.3) is 33.0 Å². The number of nitro groups is 1. The van der Waals surface area contributed by atoms with Gasteiger partial charge in [0.25, 0.3) is 11.6 Å². The van der Waals surface area contributed by atoms with E-state index in [1.54, 1.807) is 54.6 Å². The van der Waals surface area contributed by atoms with E-state index in [-0.39, 0.29) is 17.3 Å². The van der Waals surface area contributed by atoms with Crippen molar-refractivity contribution in [1.82, 2.24) is 0 Å². The number of phenolic OH excluding ortho intramolecular Hbond substituents is 1. The van der Waals surface area contributed by atoms with Gasteiger partial charge in [-0.2, -0.15) is 0 Å². The van der Waals surface area contributed by atoms with E-state index < -0.39 is 4.92 Å². The first kappa shape index (κ1) is 21.9. The van der Waals surface area contributed by atoms with Gasteiger partial charge in [0, 0.05) is 34.5 Å². The topological polar surface area (TPSA) is 92.5 Å². The predicted molar refractivity (Wildman–Crippen MR) is 138 cm³/mol. The van der Waals surface area contributed by atoms with Crippen LogP contribution >= 0.6 is 0 Å². The van der Waals surface area contributed by atoms with Crippen molar-refractivity contribution < 1.29 is 14.8 Å². The quantitative estimate of drug-likeness (QED) is 0.217. The maximum Gasteiger partial charge on any atom is 0.270 e. The zero-order valence-electron chi connectivity index (χ0n) is 18.5. The summed E-state index contributed by atoms with van der Waals surface area (Å²) in [7, 11) is 0. The molecule has 6 heteroatoms. The number of benzene rings is 5. The third-order valence-corrected chi connectivity index (χ3v) is 5.87. The summed E-state index contributed by atoms with van der Waals surface area (Å²) in [6, 6.07) is 31.6. The Kier molecular flexibility index (Phi) is 5.69. The fourth-order valence-electron chi connectivity index (χ4n) is 4.26. The number of carbonyl (C=O) groups excluding carboxylic acids is 1. The van der Waals surface area contributed by atoms with E-state index in [2.05, 4.69) is 5.32 Å². The molecule has 0 aliphatic carbocycles. The minimum Gasteiger partial charge on any atom is -0.507 e. The van der Waals surface area contributed by atoms with Gasteiger partial charge in [-0.15, -0.1) is 0 Å². The molecule has 2 N–H and O–H groups in total. The molecule has 0 heterocycles. The molecule has 0 aliphatic rings. The van der Waals surface area contributed by atoms with Crippen LogP contribution in [0.4, 0.5) is 11.4 Å². The average molecular weight is 460 g/mol. The Morgan fingerprint density at radius 2 is 1.51 bits per heavy atom. The number of amides is 1. The van der Waals surface area contributed by atoms with E-state index in [4.69, 9.17) is 0 Å². The highest BCUT2D eigenvalue weighted by molar-refractivity contribution is 6.12. The molecule has 5 rings (SSSR count). The number of anilines is 1. The van der Waals surface area contributed by atoms with Crippen LogP contribution in [0.5, 0.6) is 5.75 Å². The molecule has 0 unspecified atom stereocenters. The van der Waals surface area contributed by atoms with Gasteiger partial charge < -0.3 is 10.4 Å². The van der Waals surface area contributed by atoms with E-state index in [1.165, 1.54) is 12.1 Å². The number of hydrogen-bond acceptors (Lipinski definition) is 4. The van der Waals surface area contributed by atoms with Gasteiger partial charge in [0.2, 0.25) is 0 Å². The molecule has 0 saturated heterocycles. The summed E-state index contributed by atoms with van der Waals surface area (Å²) in [6.07, 6.45) is 0. The Balaban J connectivity index is 1.78. The van der Waals surface area contributed by atoms with Crippen molar-refractivity contribution in [2.45, 2.75) is 0 Å². The van der Waals surface area contributed by atoms with Crippen molar-refractivity contribution in [3.63, 3.8) is 0 Å². The molecule has 0 fully saturated rings. The largest absolute Gasteiger partial charge is 0.507 e. The summed E-state index contributed by atoms with van der Waals surface area (Å²) in [4.78, 5) is 24.1. The monoisotopic (exact) mass is 460 g/mol. The SMILES string of the molecule is O=C(Nc1cccc(-c2cccc([N+](=O)[O-])c2)c1-c1c(O)ccc2ccccc12)c1ccccc1. The second-order valence-electron chi connectivity index (χ2n) is 8.04. The van der Waals surface area contributed by atoms with Gasteiger partial charge in [-0.3, -0.25) is 14.9 Å². The van der Waals surface area contributed by atoms with Crippen molar-refractivity contribution in [3.05, 3.63) is 125 Å². The van der Waals surface area contributed by atoms with Gasteiger partial charge in [0.15, 0.2) is 0 Å². The highest BCUT2D eigenvalue weighted by Gasteiger charge is 2.21. The second-order valence-corrected chi connectivity index (χ2v) is 8.04. The molecule has 0 atom stereocenters. The highest BCUT2D eigenvalue weighted by atomic mass is 16.6. The van der Waals surface area contributed by atoms with Crippen LogP contribution in [0.2, 0.25) is 0 Å². The smallest absolute Gasteiger partial charge is 0.270 e. The lowest BCUT2D eigenvalue weighted by atomic mass is 9.89. The number of nitro benzene ring substituents is 1. The zero-order chi connectivity index (χ0) is 24.4. The summed E-state index contributed by atoms with van der Waals surface area (Å²) >= 11 is 0. The number of hydrogen-bond donors (Lipinski definition) is 2. The van der Waals surface area contributed by atoms with Gasteiger partial charge >= 0.3 is 0 Å². The first-order chi connectivity index (χ1) is 17.0. The lowest BCUT2D eigenvalue weighted by Crippen LogP contribution is -2.12. The van der Waals surface area contributed by atoms with Crippen LogP contribution in [-0.2, 0) is 0 Å². The van der Waals surface area contributed by atoms with Crippen molar-refractivity contribution in [1.29, 1.82) is 0 Å². The minimum absolute atomic E-state index is 0.0387. The van der Waals surface area contributed by atoms with Gasteiger partial charge in [-0.1, -0.05) is 72.8 Å². The fourth-order valence-corrected chi connectivity index (χ4v) is 4.26. The standard InChI is InChI=1S/C29H20N2O4/c32-26-17-16-19-8-4-5-13-23(19)28(26)27-24(21-11-6-12-22(18-21)31(34)35)14-7-15-25(27)30-29(33)20-9-2-1-3-10-20/h1-18,32H,(H,30,33). The molecule has 5 aromatic rings. The molecule has 170 valence electrons. The molecule has 6 nitrogen and oxygen atoms in total. The summed E-state index contributed by atoms with van der Waals surface area (Å²) in [5, 5.41) is 27.2. The minimum atomic E-state index is -0.445. The molecule has 0 bridgehead atoms. The van der Waals surface area contributed by atoms with Crippen LogP contribution < -0.4 is 5.32 Å². The predicted octanol–water partition coefficient (Wildman–Crippen LogP) is 7.04. The Labute approximate surface area is 201 Å².